The van der Waals surface area contributed by atoms with E-state index in [9.17, 15) is 0 Å². The van der Waals surface area contributed by atoms with Crippen molar-refractivity contribution in [3.63, 3.8) is 0 Å². The van der Waals surface area contributed by atoms with Crippen LogP contribution in [0.2, 0.25) is 0 Å². The molecule has 4 heteroatoms. The van der Waals surface area contributed by atoms with Crippen molar-refractivity contribution < 1.29 is 0 Å². The van der Waals surface area contributed by atoms with Crippen LogP contribution < -0.4 is 5.32 Å². The zero-order valence-corrected chi connectivity index (χ0v) is 14.4. The molecule has 1 fully saturated rings. The second-order valence-electron chi connectivity index (χ2n) is 5.25. The van der Waals surface area contributed by atoms with Crippen molar-refractivity contribution in [3.05, 3.63) is 48.5 Å². The molecule has 0 unspecified atom stereocenters. The first-order valence-corrected chi connectivity index (χ1v) is 7.86. The van der Waals surface area contributed by atoms with Crippen molar-refractivity contribution in [1.82, 2.24) is 14.9 Å². The summed E-state index contributed by atoms with van der Waals surface area (Å²) in [7, 11) is 2.11. The topological polar surface area (TPSA) is 41.1 Å². The molecule has 1 aromatic heterocycles. The van der Waals surface area contributed by atoms with Crippen LogP contribution in [0, 0.1) is 0 Å². The van der Waals surface area contributed by atoms with Crippen molar-refractivity contribution in [2.24, 2.45) is 0 Å². The van der Waals surface area contributed by atoms with Crippen molar-refractivity contribution >= 4 is 11.4 Å². The number of likely N-dealkylation sites (tertiary alicyclic amines) is 1. The van der Waals surface area contributed by atoms with E-state index in [0.717, 1.165) is 35.7 Å². The van der Waals surface area contributed by atoms with Gasteiger partial charge in [-0.15, -0.1) is 0 Å². The second-order valence-corrected chi connectivity index (χ2v) is 5.25. The van der Waals surface area contributed by atoms with Crippen LogP contribution >= 0.6 is 0 Å². The largest absolute Gasteiger partial charge is 0.363 e. The first-order valence-electron chi connectivity index (χ1n) is 7.86. The van der Waals surface area contributed by atoms with Crippen LogP contribution in [0.25, 0.3) is 5.57 Å². The van der Waals surface area contributed by atoms with Gasteiger partial charge in [0.05, 0.1) is 24.1 Å². The third-order valence-corrected chi connectivity index (χ3v) is 3.24. The van der Waals surface area contributed by atoms with Crippen molar-refractivity contribution in [2.45, 2.75) is 33.7 Å². The molecular formula is C18H28N4. The fraction of sp³-hybridized carbons (Fsp3) is 0.444. The SMILES string of the molecule is C=C(/C=C\C)/C=C(\C)c1cncc(NC2CN(C)C2)n1.CC. The number of allylic oxidation sites excluding steroid dienone is 5. The van der Waals surface area contributed by atoms with Gasteiger partial charge in [-0.05, 0) is 32.0 Å². The third-order valence-electron chi connectivity index (χ3n) is 3.24. The van der Waals surface area contributed by atoms with Crippen LogP contribution in [-0.2, 0) is 0 Å². The van der Waals surface area contributed by atoms with Crippen LogP contribution in [0.5, 0.6) is 0 Å². The minimum atomic E-state index is 0.479. The molecule has 4 nitrogen and oxygen atoms in total. The highest BCUT2D eigenvalue weighted by Gasteiger charge is 2.23. The van der Waals surface area contributed by atoms with E-state index in [0.29, 0.717) is 6.04 Å². The smallest absolute Gasteiger partial charge is 0.145 e. The lowest BCUT2D eigenvalue weighted by atomic mass is 10.1. The summed E-state index contributed by atoms with van der Waals surface area (Å²) in [4.78, 5) is 11.1. The molecular weight excluding hydrogens is 272 g/mol. The van der Waals surface area contributed by atoms with Crippen molar-refractivity contribution in [1.29, 1.82) is 0 Å². The van der Waals surface area contributed by atoms with E-state index < -0.39 is 0 Å². The van der Waals surface area contributed by atoms with Crippen LogP contribution in [0.3, 0.4) is 0 Å². The summed E-state index contributed by atoms with van der Waals surface area (Å²) in [5.41, 5.74) is 2.91. The summed E-state index contributed by atoms with van der Waals surface area (Å²) in [6.45, 7) is 14.1. The van der Waals surface area contributed by atoms with E-state index in [-0.39, 0.29) is 0 Å². The molecule has 1 aliphatic heterocycles. The molecule has 0 atom stereocenters. The molecule has 22 heavy (non-hydrogen) atoms. The lowest BCUT2D eigenvalue weighted by Crippen LogP contribution is -2.52. The Kier molecular flexibility index (Phi) is 7.54. The number of rotatable bonds is 5. The molecule has 0 saturated carbocycles. The maximum absolute atomic E-state index is 4.61. The van der Waals surface area contributed by atoms with E-state index in [4.69, 9.17) is 0 Å². The minimum Gasteiger partial charge on any atom is -0.363 e. The minimum absolute atomic E-state index is 0.479. The van der Waals surface area contributed by atoms with Gasteiger partial charge in [0, 0.05) is 13.1 Å². The zero-order chi connectivity index (χ0) is 16.5. The summed E-state index contributed by atoms with van der Waals surface area (Å²) < 4.78 is 0. The molecule has 2 rings (SSSR count). The molecule has 1 aliphatic rings. The molecule has 0 aromatic carbocycles. The number of anilines is 1. The zero-order valence-electron chi connectivity index (χ0n) is 14.4. The summed E-state index contributed by atoms with van der Waals surface area (Å²) in [6.07, 6.45) is 9.53. The van der Waals surface area contributed by atoms with E-state index in [2.05, 4.69) is 33.8 Å². The first kappa shape index (κ1) is 18.1. The molecule has 1 N–H and O–H groups in total. The van der Waals surface area contributed by atoms with Gasteiger partial charge in [-0.2, -0.15) is 0 Å². The van der Waals surface area contributed by atoms with E-state index in [1.165, 1.54) is 0 Å². The van der Waals surface area contributed by atoms with Gasteiger partial charge in [-0.1, -0.05) is 38.7 Å². The number of hydrogen-bond acceptors (Lipinski definition) is 4. The van der Waals surface area contributed by atoms with Gasteiger partial charge in [-0.25, -0.2) is 4.98 Å². The van der Waals surface area contributed by atoms with E-state index >= 15 is 0 Å². The fourth-order valence-corrected chi connectivity index (χ4v) is 2.24. The highest BCUT2D eigenvalue weighted by atomic mass is 15.2. The Morgan fingerprint density at radius 1 is 1.36 bits per heavy atom. The highest BCUT2D eigenvalue weighted by Crippen LogP contribution is 2.16. The predicted molar refractivity (Wildman–Crippen MR) is 95.9 cm³/mol. The number of nitrogens with zero attached hydrogens (tertiary/aromatic N) is 3. The number of hydrogen-bond donors (Lipinski definition) is 1. The first-order chi connectivity index (χ1) is 10.6. The summed E-state index contributed by atoms with van der Waals surface area (Å²) in [5.74, 6) is 0.838. The van der Waals surface area contributed by atoms with Gasteiger partial charge in [0.15, 0.2) is 0 Å². The summed E-state index contributed by atoms with van der Waals surface area (Å²) >= 11 is 0. The number of nitrogens with one attached hydrogen (secondary N) is 1. The standard InChI is InChI=1S/C16H22N4.C2H6/c1-5-6-12(2)7-13(3)15-8-17-9-16(19-15)18-14-10-20(4)11-14;1-2/h5-9,14H,2,10-11H2,1,3-4H3,(H,18,19);1-2H3/b6-5-,13-7+;. The Bertz CT molecular complexity index is 540. The molecule has 1 aromatic rings. The van der Waals surface area contributed by atoms with Crippen LogP contribution in [0.4, 0.5) is 5.82 Å². The molecule has 2 heterocycles. The molecule has 0 amide bonds. The van der Waals surface area contributed by atoms with Gasteiger partial charge in [0.25, 0.3) is 0 Å². The maximum Gasteiger partial charge on any atom is 0.145 e. The predicted octanol–water partition coefficient (Wildman–Crippen LogP) is 3.76. The molecule has 120 valence electrons. The van der Waals surface area contributed by atoms with Gasteiger partial charge in [-0.3, -0.25) is 4.98 Å². The lowest BCUT2D eigenvalue weighted by molar-refractivity contribution is 0.205. The van der Waals surface area contributed by atoms with Crippen LogP contribution in [0.15, 0.2) is 42.8 Å². The molecule has 0 spiro atoms. The fourth-order valence-electron chi connectivity index (χ4n) is 2.24. The Balaban J connectivity index is 0.00000116. The van der Waals surface area contributed by atoms with Gasteiger partial charge in [0.1, 0.15) is 5.82 Å². The van der Waals surface area contributed by atoms with Gasteiger partial charge < -0.3 is 10.2 Å². The Morgan fingerprint density at radius 2 is 2.05 bits per heavy atom. The van der Waals surface area contributed by atoms with Crippen LogP contribution in [-0.4, -0.2) is 41.0 Å². The summed E-state index contributed by atoms with van der Waals surface area (Å²) in [5, 5.41) is 3.40. The highest BCUT2D eigenvalue weighted by molar-refractivity contribution is 5.64. The molecule has 1 saturated heterocycles. The Labute approximate surface area is 134 Å². The van der Waals surface area contributed by atoms with Crippen molar-refractivity contribution in [3.8, 4) is 0 Å². The number of likely N-dealkylation sites (N-methyl/N-ethyl adjacent to an activating group) is 1. The van der Waals surface area contributed by atoms with Crippen molar-refractivity contribution in [2.75, 3.05) is 25.5 Å². The average Bonchev–Trinajstić information content (AvgIpc) is 2.48. The third kappa shape index (κ3) is 5.45. The van der Waals surface area contributed by atoms with E-state index in [1.807, 2.05) is 45.9 Å². The normalized spacial score (nSPS) is 16.0. The van der Waals surface area contributed by atoms with E-state index in [1.54, 1.807) is 12.4 Å². The number of aromatic nitrogens is 2. The summed E-state index contributed by atoms with van der Waals surface area (Å²) in [6, 6.07) is 0.479. The molecule has 0 bridgehead atoms. The maximum atomic E-state index is 4.61. The van der Waals surface area contributed by atoms with Gasteiger partial charge in [0.2, 0.25) is 0 Å². The van der Waals surface area contributed by atoms with Crippen LogP contribution in [0.1, 0.15) is 33.4 Å². The molecule has 0 radical (unpaired) electrons. The molecule has 0 aliphatic carbocycles. The quantitative estimate of drug-likeness (QED) is 0.841. The Morgan fingerprint density at radius 3 is 2.64 bits per heavy atom. The average molecular weight is 300 g/mol. The van der Waals surface area contributed by atoms with Gasteiger partial charge >= 0.3 is 0 Å². The lowest BCUT2D eigenvalue weighted by Gasteiger charge is -2.36. The second kappa shape index (κ2) is 9.15. The monoisotopic (exact) mass is 300 g/mol. The Hall–Kier alpha value is -1.94.